The number of hydrogen-bond donors (Lipinski definition) is 2. The average molecular weight is 447 g/mol. The number of aromatic carboxylic acids is 3. The van der Waals surface area contributed by atoms with Crippen LogP contribution in [0.2, 0.25) is 0 Å². The third-order valence-corrected chi connectivity index (χ3v) is 3.04. The number of carbonyl (C=O) groups excluding carboxylic acids is 2. The summed E-state index contributed by atoms with van der Waals surface area (Å²) in [5.74, 6) is -3.14. The molecular formula is C21H19NO6Zn. The topological polar surface area (TPSA) is 153 Å². The minimum atomic E-state index is -1.13. The van der Waals surface area contributed by atoms with E-state index in [0.29, 0.717) is 5.56 Å². The summed E-state index contributed by atoms with van der Waals surface area (Å²) in [4.78, 5) is 30.4. The van der Waals surface area contributed by atoms with Crippen LogP contribution < -0.4 is 16.4 Å². The number of carbonyl (C=O) groups is 3. The van der Waals surface area contributed by atoms with Crippen molar-refractivity contribution in [3.8, 4) is 0 Å². The Balaban J connectivity index is 0. The zero-order valence-electron chi connectivity index (χ0n) is 15.6. The number of benzene rings is 3. The van der Waals surface area contributed by atoms with Crippen molar-refractivity contribution in [2.45, 2.75) is 0 Å². The summed E-state index contributed by atoms with van der Waals surface area (Å²) in [5.41, 5.74) is 0.771. The van der Waals surface area contributed by atoms with Crippen molar-refractivity contribution >= 4 is 17.9 Å². The van der Waals surface area contributed by atoms with Gasteiger partial charge in [0.25, 0.3) is 0 Å². The van der Waals surface area contributed by atoms with Gasteiger partial charge in [-0.1, -0.05) is 78.9 Å². The third-order valence-electron chi connectivity index (χ3n) is 3.04. The molecule has 0 saturated carbocycles. The molecule has 0 aromatic heterocycles. The minimum absolute atomic E-state index is 0. The Bertz CT molecular complexity index is 740. The van der Waals surface area contributed by atoms with E-state index >= 15 is 0 Å². The van der Waals surface area contributed by atoms with Gasteiger partial charge in [0, 0.05) is 0 Å². The molecular weight excluding hydrogens is 428 g/mol. The Kier molecular flexibility index (Phi) is 15.1. The molecule has 3 aromatic carbocycles. The van der Waals surface area contributed by atoms with Crippen molar-refractivity contribution in [3.05, 3.63) is 108 Å². The van der Waals surface area contributed by atoms with E-state index in [4.69, 9.17) is 5.11 Å². The minimum Gasteiger partial charge on any atom is -0.545 e. The van der Waals surface area contributed by atoms with Gasteiger partial charge in [0.05, 0.1) is 17.5 Å². The summed E-state index contributed by atoms with van der Waals surface area (Å²) in [6.07, 6.45) is 0. The third kappa shape index (κ3) is 11.9. The van der Waals surface area contributed by atoms with Crippen LogP contribution in [0.15, 0.2) is 91.0 Å². The molecule has 3 aromatic rings. The molecule has 3 rings (SSSR count). The van der Waals surface area contributed by atoms with E-state index in [-0.39, 0.29) is 36.8 Å². The molecule has 0 aliphatic carbocycles. The molecule has 0 bridgehead atoms. The predicted molar refractivity (Wildman–Crippen MR) is 100.0 cm³/mol. The van der Waals surface area contributed by atoms with Gasteiger partial charge in [-0.2, -0.15) is 0 Å². The maximum Gasteiger partial charge on any atom is 2.00 e. The molecule has 0 fully saturated rings. The van der Waals surface area contributed by atoms with Gasteiger partial charge >= 0.3 is 25.4 Å². The van der Waals surface area contributed by atoms with Crippen molar-refractivity contribution in [2.24, 2.45) is 0 Å². The van der Waals surface area contributed by atoms with Gasteiger partial charge in [-0.3, -0.25) is 0 Å². The van der Waals surface area contributed by atoms with E-state index in [1.807, 2.05) is 0 Å². The number of hydrogen-bond acceptors (Lipinski definition) is 6. The van der Waals surface area contributed by atoms with E-state index < -0.39 is 17.9 Å². The Morgan fingerprint density at radius 2 is 0.793 bits per heavy atom. The summed E-state index contributed by atoms with van der Waals surface area (Å²) in [5, 5.41) is 28.6. The van der Waals surface area contributed by atoms with Crippen LogP contribution >= 0.6 is 0 Å². The Morgan fingerprint density at radius 1 is 0.552 bits per heavy atom. The first kappa shape index (κ1) is 27.9. The van der Waals surface area contributed by atoms with Crippen LogP contribution in [0, 0.1) is 0 Å². The predicted octanol–water partition coefficient (Wildman–Crippen LogP) is 1.64. The number of carboxylic acid groups (broad SMARTS) is 3. The van der Waals surface area contributed by atoms with Crippen molar-refractivity contribution in [3.63, 3.8) is 0 Å². The first-order chi connectivity index (χ1) is 12.9. The molecule has 0 spiro atoms. The van der Waals surface area contributed by atoms with Crippen molar-refractivity contribution < 1.29 is 49.2 Å². The quantitative estimate of drug-likeness (QED) is 0.580. The molecule has 0 heterocycles. The second kappa shape index (κ2) is 15.7. The Labute approximate surface area is 181 Å². The molecule has 0 amide bonds. The van der Waals surface area contributed by atoms with Crippen LogP contribution in [0.25, 0.3) is 0 Å². The van der Waals surface area contributed by atoms with Gasteiger partial charge in [-0.15, -0.1) is 0 Å². The largest absolute Gasteiger partial charge is 2.00 e. The molecule has 4 N–H and O–H groups in total. The van der Waals surface area contributed by atoms with Crippen LogP contribution in [-0.2, 0) is 19.5 Å². The fraction of sp³-hybridized carbons (Fsp3) is 0. The Morgan fingerprint density at radius 3 is 0.931 bits per heavy atom. The monoisotopic (exact) mass is 445 g/mol. The van der Waals surface area contributed by atoms with Crippen LogP contribution in [-0.4, -0.2) is 23.0 Å². The van der Waals surface area contributed by atoms with E-state index in [1.54, 1.807) is 66.7 Å². The molecule has 0 atom stereocenters. The zero-order chi connectivity index (χ0) is 20.1. The second-order valence-corrected chi connectivity index (χ2v) is 4.98. The summed E-state index contributed by atoms with van der Waals surface area (Å²) in [6, 6.07) is 24.4. The fourth-order valence-corrected chi connectivity index (χ4v) is 1.73. The molecule has 7 nitrogen and oxygen atoms in total. The van der Waals surface area contributed by atoms with Gasteiger partial charge in [0.1, 0.15) is 0 Å². The molecule has 0 saturated heterocycles. The SMILES string of the molecule is N.O=C(O)c1ccccc1.O=C([O-])c1ccccc1.O=C([O-])c1ccccc1.[Zn+2]. The van der Waals surface area contributed by atoms with Crippen LogP contribution in [0.4, 0.5) is 0 Å². The molecule has 0 unspecified atom stereocenters. The van der Waals surface area contributed by atoms with Gasteiger partial charge in [-0.25, -0.2) is 4.79 Å². The molecule has 8 heteroatoms. The number of carboxylic acids is 3. The summed E-state index contributed by atoms with van der Waals surface area (Å²) >= 11 is 0. The summed E-state index contributed by atoms with van der Waals surface area (Å²) in [6.45, 7) is 0. The standard InChI is InChI=1S/3C7H6O2.H3N.Zn/c3*8-7(9)6-4-2-1-3-5-6;;/h3*1-5H,(H,8,9);1H3;/q;;;;+2/p-2. The van der Waals surface area contributed by atoms with Crippen molar-refractivity contribution in [2.75, 3.05) is 0 Å². The average Bonchev–Trinajstić information content (AvgIpc) is 2.71. The maximum atomic E-state index is 10.2. The molecule has 0 aliphatic heterocycles. The normalized spacial score (nSPS) is 8.28. The summed E-state index contributed by atoms with van der Waals surface area (Å²) in [7, 11) is 0. The molecule has 29 heavy (non-hydrogen) atoms. The van der Waals surface area contributed by atoms with E-state index in [1.165, 1.54) is 24.3 Å². The second-order valence-electron chi connectivity index (χ2n) is 4.98. The molecule has 0 aliphatic rings. The maximum absolute atomic E-state index is 10.2. The van der Waals surface area contributed by atoms with Gasteiger partial charge in [0.15, 0.2) is 0 Å². The summed E-state index contributed by atoms with van der Waals surface area (Å²) < 4.78 is 0. The molecule has 146 valence electrons. The van der Waals surface area contributed by atoms with Gasteiger partial charge < -0.3 is 31.1 Å². The van der Waals surface area contributed by atoms with Crippen LogP contribution in [0.3, 0.4) is 0 Å². The first-order valence-electron chi connectivity index (χ1n) is 7.73. The first-order valence-corrected chi connectivity index (χ1v) is 7.73. The smallest absolute Gasteiger partial charge is 0.545 e. The Hall–Kier alpha value is -3.35. The van der Waals surface area contributed by atoms with Crippen LogP contribution in [0.1, 0.15) is 31.1 Å². The van der Waals surface area contributed by atoms with Crippen molar-refractivity contribution in [1.82, 2.24) is 6.15 Å². The van der Waals surface area contributed by atoms with Crippen molar-refractivity contribution in [1.29, 1.82) is 0 Å². The van der Waals surface area contributed by atoms with E-state index in [9.17, 15) is 24.6 Å². The van der Waals surface area contributed by atoms with E-state index in [0.717, 1.165) is 0 Å². The number of rotatable bonds is 3. The van der Waals surface area contributed by atoms with Gasteiger partial charge in [-0.05, 0) is 23.3 Å². The zero-order valence-corrected chi connectivity index (χ0v) is 18.5. The fourth-order valence-electron chi connectivity index (χ4n) is 1.73. The van der Waals surface area contributed by atoms with Crippen LogP contribution in [0.5, 0.6) is 0 Å². The molecule has 0 radical (unpaired) electrons. The van der Waals surface area contributed by atoms with Gasteiger partial charge in [0.2, 0.25) is 0 Å². The van der Waals surface area contributed by atoms with E-state index in [2.05, 4.69) is 0 Å².